The van der Waals surface area contributed by atoms with E-state index in [4.69, 9.17) is 9.73 Å². The third-order valence-corrected chi connectivity index (χ3v) is 4.83. The molecule has 0 aliphatic carbocycles. The minimum Gasteiger partial charge on any atom is -0.379 e. The molecule has 6 heteroatoms. The summed E-state index contributed by atoms with van der Waals surface area (Å²) in [6, 6.07) is 11.1. The fourth-order valence-corrected chi connectivity index (χ4v) is 3.23. The SMILES string of the molecule is CCNC(=NCC(C)N1CCOCC1)NCCCN(C)Cc1ccccc1. The van der Waals surface area contributed by atoms with Crippen molar-refractivity contribution < 1.29 is 4.74 Å². The number of benzene rings is 1. The van der Waals surface area contributed by atoms with Crippen molar-refractivity contribution >= 4 is 5.96 Å². The molecular formula is C21H37N5O. The minimum absolute atomic E-state index is 0.446. The summed E-state index contributed by atoms with van der Waals surface area (Å²) in [5, 5.41) is 6.82. The third-order valence-electron chi connectivity index (χ3n) is 4.83. The molecule has 152 valence electrons. The van der Waals surface area contributed by atoms with E-state index in [9.17, 15) is 0 Å². The molecule has 1 saturated heterocycles. The van der Waals surface area contributed by atoms with Crippen molar-refractivity contribution in [3.05, 3.63) is 35.9 Å². The quantitative estimate of drug-likeness (QED) is 0.371. The van der Waals surface area contributed by atoms with Crippen molar-refractivity contribution in [3.8, 4) is 0 Å². The molecule has 6 nitrogen and oxygen atoms in total. The van der Waals surface area contributed by atoms with E-state index in [1.54, 1.807) is 0 Å². The lowest BCUT2D eigenvalue weighted by Gasteiger charge is -2.31. The Bertz CT molecular complexity index is 531. The predicted molar refractivity (Wildman–Crippen MR) is 113 cm³/mol. The first-order chi connectivity index (χ1) is 13.2. The van der Waals surface area contributed by atoms with Gasteiger partial charge in [-0.05, 0) is 39.4 Å². The zero-order valence-corrected chi connectivity index (χ0v) is 17.3. The van der Waals surface area contributed by atoms with Crippen LogP contribution in [0.2, 0.25) is 0 Å². The molecule has 0 aromatic heterocycles. The number of aliphatic imine (C=N–C) groups is 1. The molecule has 2 N–H and O–H groups in total. The van der Waals surface area contributed by atoms with Crippen molar-refractivity contribution in [2.45, 2.75) is 32.9 Å². The smallest absolute Gasteiger partial charge is 0.191 e. The number of nitrogens with zero attached hydrogens (tertiary/aromatic N) is 3. The maximum atomic E-state index is 5.43. The zero-order valence-electron chi connectivity index (χ0n) is 17.3. The maximum absolute atomic E-state index is 5.43. The topological polar surface area (TPSA) is 52.1 Å². The first-order valence-electron chi connectivity index (χ1n) is 10.3. The van der Waals surface area contributed by atoms with E-state index in [1.165, 1.54) is 5.56 Å². The molecule has 0 spiro atoms. The number of rotatable bonds is 10. The molecule has 1 heterocycles. The fraction of sp³-hybridized carbons (Fsp3) is 0.667. The molecule has 0 amide bonds. The summed E-state index contributed by atoms with van der Waals surface area (Å²) in [5.41, 5.74) is 1.36. The van der Waals surface area contributed by atoms with E-state index in [1.807, 2.05) is 0 Å². The highest BCUT2D eigenvalue weighted by Crippen LogP contribution is 2.04. The van der Waals surface area contributed by atoms with Gasteiger partial charge in [0.25, 0.3) is 0 Å². The minimum atomic E-state index is 0.446. The van der Waals surface area contributed by atoms with Crippen LogP contribution in [0.15, 0.2) is 35.3 Å². The molecule has 0 saturated carbocycles. The Balaban J connectivity index is 1.67. The molecule has 2 rings (SSSR count). The van der Waals surface area contributed by atoms with Crippen LogP contribution in [0.25, 0.3) is 0 Å². The van der Waals surface area contributed by atoms with Crippen LogP contribution in [0.3, 0.4) is 0 Å². The summed E-state index contributed by atoms with van der Waals surface area (Å²) in [5.74, 6) is 0.920. The van der Waals surface area contributed by atoms with Crippen molar-refractivity contribution in [2.24, 2.45) is 4.99 Å². The Morgan fingerprint density at radius 3 is 2.67 bits per heavy atom. The van der Waals surface area contributed by atoms with Gasteiger partial charge in [-0.15, -0.1) is 0 Å². The van der Waals surface area contributed by atoms with Crippen LogP contribution in [0.1, 0.15) is 25.8 Å². The van der Waals surface area contributed by atoms with Gasteiger partial charge in [0.15, 0.2) is 5.96 Å². The highest BCUT2D eigenvalue weighted by Gasteiger charge is 2.16. The van der Waals surface area contributed by atoms with Gasteiger partial charge in [0.2, 0.25) is 0 Å². The van der Waals surface area contributed by atoms with Gasteiger partial charge in [-0.3, -0.25) is 9.89 Å². The number of nitrogens with one attached hydrogen (secondary N) is 2. The van der Waals surface area contributed by atoms with Crippen LogP contribution in [0.5, 0.6) is 0 Å². The highest BCUT2D eigenvalue weighted by atomic mass is 16.5. The molecule has 1 aromatic carbocycles. The largest absolute Gasteiger partial charge is 0.379 e. The van der Waals surface area contributed by atoms with Gasteiger partial charge >= 0.3 is 0 Å². The number of hydrogen-bond donors (Lipinski definition) is 2. The van der Waals surface area contributed by atoms with Gasteiger partial charge in [0, 0.05) is 38.8 Å². The normalized spacial score (nSPS) is 17.1. The Morgan fingerprint density at radius 1 is 1.22 bits per heavy atom. The summed E-state index contributed by atoms with van der Waals surface area (Å²) in [6.45, 7) is 12.7. The van der Waals surface area contributed by atoms with Crippen LogP contribution in [-0.2, 0) is 11.3 Å². The molecule has 1 atom stereocenters. The summed E-state index contributed by atoms with van der Waals surface area (Å²) < 4.78 is 5.43. The van der Waals surface area contributed by atoms with Gasteiger partial charge in [-0.1, -0.05) is 30.3 Å². The van der Waals surface area contributed by atoms with Crippen molar-refractivity contribution in [1.82, 2.24) is 20.4 Å². The van der Waals surface area contributed by atoms with Gasteiger partial charge in [0.05, 0.1) is 19.8 Å². The number of guanidine groups is 1. The Labute approximate surface area is 165 Å². The molecule has 1 unspecified atom stereocenters. The van der Waals surface area contributed by atoms with Gasteiger partial charge in [-0.2, -0.15) is 0 Å². The summed E-state index contributed by atoms with van der Waals surface area (Å²) in [6.07, 6.45) is 1.09. The summed E-state index contributed by atoms with van der Waals surface area (Å²) in [4.78, 5) is 9.59. The second-order valence-electron chi connectivity index (χ2n) is 7.22. The number of hydrogen-bond acceptors (Lipinski definition) is 4. The number of ether oxygens (including phenoxy) is 1. The summed E-state index contributed by atoms with van der Waals surface area (Å²) >= 11 is 0. The second-order valence-corrected chi connectivity index (χ2v) is 7.22. The molecule has 1 aliphatic rings. The number of morpholine rings is 1. The second kappa shape index (κ2) is 12.7. The van der Waals surface area contributed by atoms with Crippen molar-refractivity contribution in [2.75, 3.05) is 59.5 Å². The first-order valence-corrected chi connectivity index (χ1v) is 10.3. The average Bonchev–Trinajstić information content (AvgIpc) is 2.70. The van der Waals surface area contributed by atoms with Crippen LogP contribution in [0.4, 0.5) is 0 Å². The Morgan fingerprint density at radius 2 is 1.96 bits per heavy atom. The van der Waals surface area contributed by atoms with E-state index in [-0.39, 0.29) is 0 Å². The molecule has 1 aromatic rings. The zero-order chi connectivity index (χ0) is 19.3. The lowest BCUT2D eigenvalue weighted by atomic mass is 10.2. The molecule has 1 fully saturated rings. The Hall–Kier alpha value is -1.63. The maximum Gasteiger partial charge on any atom is 0.191 e. The van der Waals surface area contributed by atoms with Crippen LogP contribution >= 0.6 is 0 Å². The molecule has 0 bridgehead atoms. The van der Waals surface area contributed by atoms with Gasteiger partial charge in [0.1, 0.15) is 0 Å². The van der Waals surface area contributed by atoms with Crippen LogP contribution in [-0.4, -0.2) is 81.3 Å². The summed E-state index contributed by atoms with van der Waals surface area (Å²) in [7, 11) is 2.18. The van der Waals surface area contributed by atoms with Crippen molar-refractivity contribution in [3.63, 3.8) is 0 Å². The van der Waals surface area contributed by atoms with Gasteiger partial charge < -0.3 is 20.3 Å². The first kappa shape index (κ1) is 21.7. The van der Waals surface area contributed by atoms with E-state index in [2.05, 4.69) is 71.7 Å². The average molecular weight is 376 g/mol. The monoisotopic (exact) mass is 375 g/mol. The van der Waals surface area contributed by atoms with Crippen molar-refractivity contribution in [1.29, 1.82) is 0 Å². The fourth-order valence-electron chi connectivity index (χ4n) is 3.23. The lowest BCUT2D eigenvalue weighted by Crippen LogP contribution is -2.44. The van der Waals surface area contributed by atoms with E-state index >= 15 is 0 Å². The van der Waals surface area contributed by atoms with E-state index < -0.39 is 0 Å². The standard InChI is InChI=1S/C21H37N5O/c1-4-22-21(24-17-19(2)26-13-15-27-16-14-26)23-11-8-12-25(3)18-20-9-6-5-7-10-20/h5-7,9-10,19H,4,8,11-18H2,1-3H3,(H2,22,23,24). The predicted octanol–water partition coefficient (Wildman–Crippen LogP) is 1.78. The molecule has 0 radical (unpaired) electrons. The lowest BCUT2D eigenvalue weighted by molar-refractivity contribution is 0.0220. The molecule has 27 heavy (non-hydrogen) atoms. The third kappa shape index (κ3) is 8.73. The molecule has 1 aliphatic heterocycles. The van der Waals surface area contributed by atoms with Crippen LogP contribution < -0.4 is 10.6 Å². The molecular weight excluding hydrogens is 338 g/mol. The highest BCUT2D eigenvalue weighted by molar-refractivity contribution is 5.79. The van der Waals surface area contributed by atoms with E-state index in [0.29, 0.717) is 6.04 Å². The Kier molecular flexibility index (Phi) is 10.2. The van der Waals surface area contributed by atoms with Gasteiger partial charge in [-0.25, -0.2) is 0 Å². The van der Waals surface area contributed by atoms with Crippen LogP contribution in [0, 0.1) is 0 Å². The van der Waals surface area contributed by atoms with E-state index in [0.717, 1.165) is 71.4 Å².